The fourth-order valence-corrected chi connectivity index (χ4v) is 0.878. The predicted molar refractivity (Wildman–Crippen MR) is 45.0 cm³/mol. The topological polar surface area (TPSA) is 41.8 Å². The van der Waals surface area contributed by atoms with Gasteiger partial charge in [0.05, 0.1) is 0 Å². The highest BCUT2D eigenvalue weighted by molar-refractivity contribution is 6.68. The van der Waals surface area contributed by atoms with Gasteiger partial charge in [-0.15, -0.1) is 0 Å². The first-order chi connectivity index (χ1) is 4.93. The van der Waals surface area contributed by atoms with Crippen LogP contribution in [0.2, 0.25) is 0 Å². The number of nitrogens with zero attached hydrogens (tertiary/aromatic N) is 2. The van der Waals surface area contributed by atoms with Gasteiger partial charge in [-0.1, -0.05) is 20.8 Å². The summed E-state index contributed by atoms with van der Waals surface area (Å²) in [7, 11) is 0. The largest absolute Gasteiger partial charge is 0.286 e. The van der Waals surface area contributed by atoms with Crippen molar-refractivity contribution in [3.63, 3.8) is 0 Å². The van der Waals surface area contributed by atoms with E-state index >= 15 is 0 Å². The van der Waals surface area contributed by atoms with Gasteiger partial charge in [0, 0.05) is 5.41 Å². The van der Waals surface area contributed by atoms with Gasteiger partial charge in [-0.05, 0) is 6.92 Å². The molecule has 0 amide bonds. The number of hydrogen-bond acceptors (Lipinski definition) is 3. The first-order valence-electron chi connectivity index (χ1n) is 3.60. The van der Waals surface area contributed by atoms with Crippen LogP contribution in [-0.4, -0.2) is 17.2 Å². The van der Waals surface area contributed by atoms with E-state index in [1.54, 1.807) is 6.92 Å². The van der Waals surface area contributed by atoms with Crippen LogP contribution in [0, 0.1) is 5.41 Å². The summed E-state index contributed by atoms with van der Waals surface area (Å²) in [5, 5.41) is 7.54. The molecule has 11 heavy (non-hydrogen) atoms. The van der Waals surface area contributed by atoms with Gasteiger partial charge in [-0.25, -0.2) is 0 Å². The second-order valence-electron chi connectivity index (χ2n) is 3.71. The Bertz CT molecular complexity index is 256. The van der Waals surface area contributed by atoms with E-state index in [1.807, 2.05) is 20.8 Å². The Balaban J connectivity index is 2.92. The van der Waals surface area contributed by atoms with Gasteiger partial charge in [-0.2, -0.15) is 10.2 Å². The lowest BCUT2D eigenvalue weighted by Gasteiger charge is -2.15. The van der Waals surface area contributed by atoms with Crippen molar-refractivity contribution in [2.24, 2.45) is 15.6 Å². The smallest absolute Gasteiger partial charge is 0.225 e. The molecule has 1 rings (SSSR count). The van der Waals surface area contributed by atoms with Crippen molar-refractivity contribution in [3.8, 4) is 0 Å². The molecule has 0 radical (unpaired) electrons. The van der Waals surface area contributed by atoms with Gasteiger partial charge in [0.15, 0.2) is 0 Å². The molecule has 0 atom stereocenters. The van der Waals surface area contributed by atoms with Crippen LogP contribution in [-0.2, 0) is 4.79 Å². The molecule has 60 valence electrons. The summed E-state index contributed by atoms with van der Waals surface area (Å²) in [6, 6.07) is 0. The molecule has 1 aliphatic heterocycles. The minimum atomic E-state index is -0.182. The molecule has 0 aromatic carbocycles. The van der Waals surface area contributed by atoms with E-state index in [9.17, 15) is 4.79 Å². The molecular weight excluding hydrogens is 140 g/mol. The summed E-state index contributed by atoms with van der Waals surface area (Å²) in [5.41, 5.74) is 0.878. The molecule has 0 saturated heterocycles. The van der Waals surface area contributed by atoms with E-state index in [2.05, 4.69) is 10.2 Å². The van der Waals surface area contributed by atoms with Crippen molar-refractivity contribution in [2.45, 2.75) is 27.7 Å². The summed E-state index contributed by atoms with van der Waals surface area (Å²) in [5.74, 6) is -0.0162. The van der Waals surface area contributed by atoms with Gasteiger partial charge in [0.2, 0.25) is 5.78 Å². The van der Waals surface area contributed by atoms with E-state index in [0.29, 0.717) is 11.4 Å². The Morgan fingerprint density at radius 3 is 1.91 bits per heavy atom. The molecule has 0 unspecified atom stereocenters. The van der Waals surface area contributed by atoms with Gasteiger partial charge >= 0.3 is 0 Å². The minimum absolute atomic E-state index is 0.0162. The Morgan fingerprint density at radius 2 is 1.73 bits per heavy atom. The molecule has 3 nitrogen and oxygen atoms in total. The average Bonchev–Trinajstić information content (AvgIpc) is 2.11. The maximum Gasteiger partial charge on any atom is 0.225 e. The zero-order chi connectivity index (χ0) is 8.65. The van der Waals surface area contributed by atoms with E-state index in [-0.39, 0.29) is 11.2 Å². The molecule has 0 fully saturated rings. The quantitative estimate of drug-likeness (QED) is 0.517. The van der Waals surface area contributed by atoms with Crippen LogP contribution in [0.1, 0.15) is 27.7 Å². The Labute approximate surface area is 66.2 Å². The van der Waals surface area contributed by atoms with E-state index in [1.165, 1.54) is 0 Å². The number of Topliss-reactive ketones (excluding diaryl/α,β-unsaturated/α-hetero) is 1. The Hall–Kier alpha value is -0.990. The van der Waals surface area contributed by atoms with Gasteiger partial charge in [-0.3, -0.25) is 4.79 Å². The summed E-state index contributed by atoms with van der Waals surface area (Å²) in [6.45, 7) is 7.55. The molecule has 0 spiro atoms. The third kappa shape index (κ3) is 1.37. The lowest BCUT2D eigenvalue weighted by Crippen LogP contribution is -2.29. The number of rotatable bonds is 0. The number of ketones is 1. The number of carbonyl (C=O) groups excluding carboxylic acids is 1. The van der Waals surface area contributed by atoms with Crippen molar-refractivity contribution in [3.05, 3.63) is 0 Å². The fraction of sp³-hybridized carbons (Fsp3) is 0.625. The van der Waals surface area contributed by atoms with Crippen molar-refractivity contribution in [1.82, 2.24) is 0 Å². The van der Waals surface area contributed by atoms with Crippen LogP contribution in [0.3, 0.4) is 0 Å². The summed E-state index contributed by atoms with van der Waals surface area (Å²) >= 11 is 0. The lowest BCUT2D eigenvalue weighted by atomic mass is 9.87. The monoisotopic (exact) mass is 152 g/mol. The number of carbonyl (C=O) groups is 1. The van der Waals surface area contributed by atoms with Crippen LogP contribution in [0.4, 0.5) is 0 Å². The molecule has 0 N–H and O–H groups in total. The summed E-state index contributed by atoms with van der Waals surface area (Å²) < 4.78 is 0. The SMILES string of the molecule is CC1=NN=C(C(C)(C)C)C1=O. The predicted octanol–water partition coefficient (Wildman–Crippen LogP) is 1.43. The van der Waals surface area contributed by atoms with E-state index in [4.69, 9.17) is 0 Å². The molecule has 1 aliphatic rings. The van der Waals surface area contributed by atoms with Crippen molar-refractivity contribution in [2.75, 3.05) is 0 Å². The van der Waals surface area contributed by atoms with Crippen LogP contribution < -0.4 is 0 Å². The van der Waals surface area contributed by atoms with Crippen molar-refractivity contribution in [1.29, 1.82) is 0 Å². The normalized spacial score (nSPS) is 18.4. The summed E-state index contributed by atoms with van der Waals surface area (Å²) in [4.78, 5) is 11.3. The second kappa shape index (κ2) is 2.26. The van der Waals surface area contributed by atoms with Crippen LogP contribution in [0.5, 0.6) is 0 Å². The molecule has 0 bridgehead atoms. The molecule has 0 aromatic heterocycles. The molecule has 3 heteroatoms. The standard InChI is InChI=1S/C8H12N2O/c1-5-6(11)7(10-9-5)8(2,3)4/h1-4H3. The molecule has 0 aromatic rings. The van der Waals surface area contributed by atoms with Crippen LogP contribution in [0.25, 0.3) is 0 Å². The highest BCUT2D eigenvalue weighted by Crippen LogP contribution is 2.19. The lowest BCUT2D eigenvalue weighted by molar-refractivity contribution is -0.107. The molecule has 1 heterocycles. The first kappa shape index (κ1) is 8.11. The highest BCUT2D eigenvalue weighted by atomic mass is 16.1. The molecular formula is C8H12N2O. The van der Waals surface area contributed by atoms with Gasteiger partial charge < -0.3 is 0 Å². The van der Waals surface area contributed by atoms with Gasteiger partial charge in [0.25, 0.3) is 0 Å². The Morgan fingerprint density at radius 1 is 1.18 bits per heavy atom. The summed E-state index contributed by atoms with van der Waals surface area (Å²) in [6.07, 6.45) is 0. The highest BCUT2D eigenvalue weighted by Gasteiger charge is 2.30. The maximum atomic E-state index is 11.3. The fourth-order valence-electron chi connectivity index (χ4n) is 0.878. The zero-order valence-electron chi connectivity index (χ0n) is 7.30. The molecule has 0 aliphatic carbocycles. The Kier molecular flexibility index (Phi) is 1.66. The van der Waals surface area contributed by atoms with Crippen LogP contribution >= 0.6 is 0 Å². The average molecular weight is 152 g/mol. The van der Waals surface area contributed by atoms with Gasteiger partial charge in [0.1, 0.15) is 11.4 Å². The van der Waals surface area contributed by atoms with Crippen LogP contribution in [0.15, 0.2) is 10.2 Å². The van der Waals surface area contributed by atoms with E-state index < -0.39 is 0 Å². The third-order valence-corrected chi connectivity index (χ3v) is 1.55. The third-order valence-electron chi connectivity index (χ3n) is 1.55. The van der Waals surface area contributed by atoms with Crippen molar-refractivity contribution >= 4 is 17.2 Å². The van der Waals surface area contributed by atoms with E-state index in [0.717, 1.165) is 0 Å². The molecule has 0 saturated carbocycles. The second-order valence-corrected chi connectivity index (χ2v) is 3.71. The zero-order valence-corrected chi connectivity index (χ0v) is 7.30. The van der Waals surface area contributed by atoms with Crippen molar-refractivity contribution < 1.29 is 4.79 Å². The maximum absolute atomic E-state index is 11.3. The first-order valence-corrected chi connectivity index (χ1v) is 3.60. The number of hydrogen-bond donors (Lipinski definition) is 0. The minimum Gasteiger partial charge on any atom is -0.286 e.